The molecule has 0 amide bonds. The van der Waals surface area contributed by atoms with E-state index in [-0.39, 0.29) is 0 Å². The molecule has 0 saturated heterocycles. The van der Waals surface area contributed by atoms with E-state index in [1.807, 2.05) is 0 Å². The summed E-state index contributed by atoms with van der Waals surface area (Å²) in [5.41, 5.74) is 2.54. The molecular formula is C9H13N7S. The summed E-state index contributed by atoms with van der Waals surface area (Å²) in [6.07, 6.45) is 3.26. The molecule has 4 N–H and O–H groups in total. The first-order valence-corrected chi connectivity index (χ1v) is 6.01. The second-order valence-electron chi connectivity index (χ2n) is 3.29. The van der Waals surface area contributed by atoms with E-state index in [2.05, 4.69) is 37.5 Å². The number of hydrazine groups is 1. The Bertz CT molecular complexity index is 470. The molecule has 0 aliphatic heterocycles. The van der Waals surface area contributed by atoms with Crippen molar-refractivity contribution in [1.29, 1.82) is 0 Å². The zero-order valence-electron chi connectivity index (χ0n) is 9.34. The maximum Gasteiger partial charge on any atom is 0.189 e. The Morgan fingerprint density at radius 2 is 2.35 bits per heavy atom. The van der Waals surface area contributed by atoms with E-state index in [1.165, 1.54) is 18.1 Å². The molecule has 0 bridgehead atoms. The number of nitrogens with zero attached hydrogens (tertiary/aromatic N) is 4. The van der Waals surface area contributed by atoms with Crippen LogP contribution in [0.1, 0.15) is 19.2 Å². The Morgan fingerprint density at radius 3 is 3.00 bits per heavy atom. The van der Waals surface area contributed by atoms with Gasteiger partial charge >= 0.3 is 0 Å². The van der Waals surface area contributed by atoms with E-state index in [9.17, 15) is 0 Å². The molecule has 0 fully saturated rings. The lowest BCUT2D eigenvalue weighted by Gasteiger charge is -2.05. The van der Waals surface area contributed by atoms with Gasteiger partial charge in [-0.1, -0.05) is 6.92 Å². The minimum absolute atomic E-state index is 0.602. The lowest BCUT2D eigenvalue weighted by Crippen LogP contribution is -2.10. The maximum atomic E-state index is 5.37. The first kappa shape index (κ1) is 11.8. The molecule has 0 radical (unpaired) electrons. The Labute approximate surface area is 103 Å². The first-order valence-electron chi connectivity index (χ1n) is 5.19. The topological polar surface area (TPSA) is 105 Å². The number of nitrogens with two attached hydrogens (primary N) is 1. The van der Waals surface area contributed by atoms with Crippen molar-refractivity contribution in [2.45, 2.75) is 29.9 Å². The second kappa shape index (κ2) is 5.60. The molecule has 0 aromatic carbocycles. The lowest BCUT2D eigenvalue weighted by atomic mass is 10.3. The van der Waals surface area contributed by atoms with Crippen LogP contribution in [0.3, 0.4) is 0 Å². The Hall–Kier alpha value is -1.67. The fourth-order valence-corrected chi connectivity index (χ4v) is 1.99. The van der Waals surface area contributed by atoms with Gasteiger partial charge in [0.05, 0.1) is 0 Å². The van der Waals surface area contributed by atoms with Gasteiger partial charge in [0, 0.05) is 12.5 Å². The highest BCUT2D eigenvalue weighted by Gasteiger charge is 2.06. The average molecular weight is 251 g/mol. The highest BCUT2D eigenvalue weighted by Crippen LogP contribution is 2.23. The van der Waals surface area contributed by atoms with E-state index in [0.717, 1.165) is 23.7 Å². The van der Waals surface area contributed by atoms with Crippen LogP contribution in [0.2, 0.25) is 0 Å². The summed E-state index contributed by atoms with van der Waals surface area (Å²) in [5.74, 6) is 6.74. The quantitative estimate of drug-likeness (QED) is 0.413. The Balaban J connectivity index is 2.23. The van der Waals surface area contributed by atoms with Crippen molar-refractivity contribution in [3.63, 3.8) is 0 Å². The average Bonchev–Trinajstić information content (AvgIpc) is 2.82. The van der Waals surface area contributed by atoms with E-state index in [4.69, 9.17) is 5.84 Å². The molecule has 0 aliphatic rings. The van der Waals surface area contributed by atoms with Crippen molar-refractivity contribution in [1.82, 2.24) is 25.1 Å². The molecule has 0 atom stereocenters. The third-order valence-corrected chi connectivity index (χ3v) is 2.77. The van der Waals surface area contributed by atoms with Crippen LogP contribution in [-0.2, 0) is 6.42 Å². The van der Waals surface area contributed by atoms with Crippen molar-refractivity contribution in [2.75, 3.05) is 5.43 Å². The largest absolute Gasteiger partial charge is 0.308 e. The molecule has 0 aliphatic carbocycles. The number of nitrogens with one attached hydrogen (secondary N) is 2. The zero-order valence-corrected chi connectivity index (χ0v) is 10.2. The van der Waals surface area contributed by atoms with Crippen LogP contribution in [0.25, 0.3) is 0 Å². The van der Waals surface area contributed by atoms with Crippen molar-refractivity contribution in [2.24, 2.45) is 5.84 Å². The third-order valence-electron chi connectivity index (χ3n) is 1.96. The highest BCUT2D eigenvalue weighted by atomic mass is 32.2. The van der Waals surface area contributed by atoms with Gasteiger partial charge in [-0.3, -0.25) is 5.10 Å². The zero-order chi connectivity index (χ0) is 12.1. The number of nitrogen functional groups attached to an aromatic ring is 1. The number of aryl methyl sites for hydroxylation is 1. The minimum atomic E-state index is 0.602. The molecule has 17 heavy (non-hydrogen) atoms. The molecule has 0 spiro atoms. The molecule has 2 aromatic rings. The van der Waals surface area contributed by atoms with Gasteiger partial charge in [0.25, 0.3) is 0 Å². The smallest absolute Gasteiger partial charge is 0.189 e. The van der Waals surface area contributed by atoms with Crippen molar-refractivity contribution >= 4 is 17.6 Å². The van der Waals surface area contributed by atoms with Crippen molar-refractivity contribution in [3.8, 4) is 0 Å². The molecule has 8 heteroatoms. The summed E-state index contributed by atoms with van der Waals surface area (Å²) in [6.45, 7) is 2.08. The van der Waals surface area contributed by atoms with Gasteiger partial charge in [-0.25, -0.2) is 20.8 Å². The number of hydrogen-bond donors (Lipinski definition) is 3. The van der Waals surface area contributed by atoms with Crippen LogP contribution in [0.5, 0.6) is 0 Å². The number of aromatic amines is 1. The summed E-state index contributed by atoms with van der Waals surface area (Å²) in [6, 6.07) is 1.77. The van der Waals surface area contributed by atoms with E-state index >= 15 is 0 Å². The van der Waals surface area contributed by atoms with Gasteiger partial charge in [-0.2, -0.15) is 5.10 Å². The van der Waals surface area contributed by atoms with Crippen molar-refractivity contribution < 1.29 is 0 Å². The van der Waals surface area contributed by atoms with Gasteiger partial charge in [-0.05, 0) is 18.2 Å². The molecule has 2 heterocycles. The first-order chi connectivity index (χ1) is 8.31. The molecule has 2 aromatic heterocycles. The van der Waals surface area contributed by atoms with Crippen LogP contribution in [0.4, 0.5) is 5.82 Å². The van der Waals surface area contributed by atoms with Gasteiger partial charge < -0.3 is 5.43 Å². The summed E-state index contributed by atoms with van der Waals surface area (Å²) < 4.78 is 0. The summed E-state index contributed by atoms with van der Waals surface area (Å²) in [5, 5.41) is 8.02. The molecule has 2 rings (SSSR count). The number of H-pyrrole nitrogens is 1. The molecule has 0 saturated carbocycles. The lowest BCUT2D eigenvalue weighted by molar-refractivity contribution is 0.809. The number of hydrogen-bond acceptors (Lipinski definition) is 7. The van der Waals surface area contributed by atoms with Crippen LogP contribution in [-0.4, -0.2) is 25.1 Å². The summed E-state index contributed by atoms with van der Waals surface area (Å²) in [4.78, 5) is 12.7. The molecule has 7 nitrogen and oxygen atoms in total. The number of rotatable bonds is 5. The number of aromatic nitrogens is 5. The number of anilines is 1. The SMILES string of the molecule is CCCc1nc(NN)cc(Sc2ncn[nH]2)n1. The van der Waals surface area contributed by atoms with Crippen LogP contribution < -0.4 is 11.3 Å². The Morgan fingerprint density at radius 1 is 1.47 bits per heavy atom. The van der Waals surface area contributed by atoms with Crippen LogP contribution >= 0.6 is 11.8 Å². The Kier molecular flexibility index (Phi) is 3.89. The van der Waals surface area contributed by atoms with Gasteiger partial charge in [-0.15, -0.1) is 0 Å². The van der Waals surface area contributed by atoms with E-state index in [1.54, 1.807) is 6.07 Å². The van der Waals surface area contributed by atoms with Gasteiger partial charge in [0.1, 0.15) is 23.0 Å². The summed E-state index contributed by atoms with van der Waals surface area (Å²) in [7, 11) is 0. The summed E-state index contributed by atoms with van der Waals surface area (Å²) >= 11 is 1.39. The van der Waals surface area contributed by atoms with E-state index < -0.39 is 0 Å². The van der Waals surface area contributed by atoms with Crippen LogP contribution in [0.15, 0.2) is 22.6 Å². The second-order valence-corrected chi connectivity index (χ2v) is 4.30. The standard InChI is InChI=1S/C9H13N7S/c1-2-3-6-13-7(15-10)4-8(14-6)17-9-11-5-12-16-9/h4-5H,2-3,10H2,1H3,(H,11,12,16)(H,13,14,15). The van der Waals surface area contributed by atoms with Crippen LogP contribution in [0, 0.1) is 0 Å². The molecular weight excluding hydrogens is 238 g/mol. The fraction of sp³-hybridized carbons (Fsp3) is 0.333. The van der Waals surface area contributed by atoms with E-state index in [0.29, 0.717) is 11.0 Å². The predicted molar refractivity (Wildman–Crippen MR) is 64.3 cm³/mol. The monoisotopic (exact) mass is 251 g/mol. The predicted octanol–water partition coefficient (Wildman–Crippen LogP) is 0.984. The highest BCUT2D eigenvalue weighted by molar-refractivity contribution is 7.99. The fourth-order valence-electron chi connectivity index (χ4n) is 1.28. The van der Waals surface area contributed by atoms with Gasteiger partial charge in [0.2, 0.25) is 0 Å². The third kappa shape index (κ3) is 3.14. The molecule has 90 valence electrons. The normalized spacial score (nSPS) is 10.5. The maximum absolute atomic E-state index is 5.37. The van der Waals surface area contributed by atoms with Gasteiger partial charge in [0.15, 0.2) is 5.16 Å². The van der Waals surface area contributed by atoms with Crippen molar-refractivity contribution in [3.05, 3.63) is 18.2 Å². The molecule has 0 unspecified atom stereocenters. The minimum Gasteiger partial charge on any atom is -0.308 e.